The highest BCUT2D eigenvalue weighted by Gasteiger charge is 2.30. The molecule has 0 bridgehead atoms. The fraction of sp³-hybridized carbons (Fsp3) is 0.375. The number of rotatable bonds is 5. The maximum atomic E-state index is 13.0. The van der Waals surface area contributed by atoms with Crippen LogP contribution in [0, 0.1) is 0 Å². The van der Waals surface area contributed by atoms with Gasteiger partial charge in [0.15, 0.2) is 0 Å². The molecule has 0 N–H and O–H groups in total. The van der Waals surface area contributed by atoms with E-state index < -0.39 is 7.60 Å². The molecule has 3 nitrogen and oxygen atoms in total. The van der Waals surface area contributed by atoms with Gasteiger partial charge in [0.1, 0.15) is 0 Å². The van der Waals surface area contributed by atoms with E-state index in [0.717, 1.165) is 10.8 Å². The molecule has 20 heavy (non-hydrogen) atoms. The zero-order chi connectivity index (χ0) is 14.8. The molecular formula is C16H21O3P. The van der Waals surface area contributed by atoms with Crippen LogP contribution in [0.5, 0.6) is 0 Å². The average Bonchev–Trinajstić information content (AvgIpc) is 2.36. The van der Waals surface area contributed by atoms with Crippen LogP contribution in [0.4, 0.5) is 0 Å². The van der Waals surface area contributed by atoms with Crippen LogP contribution < -0.4 is 5.30 Å². The second-order valence-electron chi connectivity index (χ2n) is 5.34. The van der Waals surface area contributed by atoms with E-state index in [9.17, 15) is 4.57 Å². The lowest BCUT2D eigenvalue weighted by Gasteiger charge is -2.23. The second-order valence-corrected chi connectivity index (χ2v) is 7.27. The highest BCUT2D eigenvalue weighted by Crippen LogP contribution is 2.49. The fourth-order valence-electron chi connectivity index (χ4n) is 2.05. The molecule has 0 amide bonds. The third-order valence-electron chi connectivity index (χ3n) is 2.75. The van der Waals surface area contributed by atoms with E-state index in [2.05, 4.69) is 0 Å². The highest BCUT2D eigenvalue weighted by molar-refractivity contribution is 7.62. The van der Waals surface area contributed by atoms with Gasteiger partial charge in [-0.3, -0.25) is 4.57 Å². The summed E-state index contributed by atoms with van der Waals surface area (Å²) in [6, 6.07) is 13.6. The predicted molar refractivity (Wildman–Crippen MR) is 83.6 cm³/mol. The lowest BCUT2D eigenvalue weighted by atomic mass is 10.1. The molecule has 0 aliphatic carbocycles. The van der Waals surface area contributed by atoms with Crippen molar-refractivity contribution in [2.75, 3.05) is 0 Å². The molecule has 0 unspecified atom stereocenters. The molecule has 2 rings (SSSR count). The molecule has 0 spiro atoms. The van der Waals surface area contributed by atoms with Crippen molar-refractivity contribution in [1.82, 2.24) is 0 Å². The smallest absolute Gasteiger partial charge is 0.302 e. The monoisotopic (exact) mass is 292 g/mol. The summed E-state index contributed by atoms with van der Waals surface area (Å²) in [7, 11) is -3.29. The molecule has 4 heteroatoms. The van der Waals surface area contributed by atoms with Crippen LogP contribution in [0.25, 0.3) is 10.8 Å². The van der Waals surface area contributed by atoms with Gasteiger partial charge >= 0.3 is 7.60 Å². The predicted octanol–water partition coefficient (Wildman–Crippen LogP) is 4.51. The minimum atomic E-state index is -3.29. The molecule has 2 aromatic rings. The summed E-state index contributed by atoms with van der Waals surface area (Å²) in [4.78, 5) is 0. The molecule has 0 atom stereocenters. The van der Waals surface area contributed by atoms with E-state index in [1.165, 1.54) is 0 Å². The SMILES string of the molecule is CC(C)OP(=O)(OC(C)C)c1ccc2ccccc2c1. The van der Waals surface area contributed by atoms with Gasteiger partial charge in [-0.25, -0.2) is 0 Å². The molecule has 0 saturated heterocycles. The Kier molecular flexibility index (Phi) is 4.64. The Bertz CT molecular complexity index is 620. The van der Waals surface area contributed by atoms with Crippen LogP contribution in [-0.2, 0) is 13.6 Å². The molecule has 0 aromatic heterocycles. The molecule has 0 aliphatic rings. The van der Waals surface area contributed by atoms with Crippen molar-refractivity contribution in [3.05, 3.63) is 42.5 Å². The van der Waals surface area contributed by atoms with Crippen molar-refractivity contribution in [1.29, 1.82) is 0 Å². The third kappa shape index (κ3) is 3.49. The lowest BCUT2D eigenvalue weighted by Crippen LogP contribution is -2.16. The Morgan fingerprint density at radius 1 is 0.850 bits per heavy atom. The summed E-state index contributed by atoms with van der Waals surface area (Å²) in [5.41, 5.74) is 0. The molecule has 0 saturated carbocycles. The van der Waals surface area contributed by atoms with Crippen LogP contribution in [0.3, 0.4) is 0 Å². The number of hydrogen-bond donors (Lipinski definition) is 0. The lowest BCUT2D eigenvalue weighted by molar-refractivity contribution is 0.150. The quantitative estimate of drug-likeness (QED) is 0.761. The van der Waals surface area contributed by atoms with Gasteiger partial charge in [0.05, 0.1) is 17.5 Å². The second kappa shape index (κ2) is 6.09. The Morgan fingerprint density at radius 3 is 1.95 bits per heavy atom. The van der Waals surface area contributed by atoms with E-state index >= 15 is 0 Å². The first-order valence-electron chi connectivity index (χ1n) is 6.87. The normalized spacial score (nSPS) is 12.5. The Labute approximate surface area is 120 Å². The van der Waals surface area contributed by atoms with Crippen LogP contribution in [0.15, 0.2) is 42.5 Å². The summed E-state index contributed by atoms with van der Waals surface area (Å²) < 4.78 is 24.3. The Morgan fingerprint density at radius 2 is 1.40 bits per heavy atom. The minimum Gasteiger partial charge on any atom is -0.302 e. The van der Waals surface area contributed by atoms with E-state index in [-0.39, 0.29) is 12.2 Å². The topological polar surface area (TPSA) is 35.5 Å². The van der Waals surface area contributed by atoms with Crippen molar-refractivity contribution in [3.8, 4) is 0 Å². The van der Waals surface area contributed by atoms with Gasteiger partial charge in [0, 0.05) is 0 Å². The van der Waals surface area contributed by atoms with E-state index in [1.807, 2.05) is 70.2 Å². The average molecular weight is 292 g/mol. The minimum absolute atomic E-state index is 0.161. The van der Waals surface area contributed by atoms with Crippen LogP contribution in [0.2, 0.25) is 0 Å². The maximum absolute atomic E-state index is 13.0. The van der Waals surface area contributed by atoms with Gasteiger partial charge < -0.3 is 9.05 Å². The van der Waals surface area contributed by atoms with Gasteiger partial charge in [-0.2, -0.15) is 0 Å². The van der Waals surface area contributed by atoms with Gasteiger partial charge in [0.2, 0.25) is 0 Å². The van der Waals surface area contributed by atoms with Crippen molar-refractivity contribution in [3.63, 3.8) is 0 Å². The maximum Gasteiger partial charge on any atom is 0.361 e. The van der Waals surface area contributed by atoms with Crippen molar-refractivity contribution in [2.24, 2.45) is 0 Å². The highest BCUT2D eigenvalue weighted by atomic mass is 31.2. The third-order valence-corrected chi connectivity index (χ3v) is 5.06. The largest absolute Gasteiger partial charge is 0.361 e. The summed E-state index contributed by atoms with van der Waals surface area (Å²) >= 11 is 0. The molecule has 108 valence electrons. The van der Waals surface area contributed by atoms with E-state index in [1.54, 1.807) is 0 Å². The molecule has 0 heterocycles. The summed E-state index contributed by atoms with van der Waals surface area (Å²) in [5.74, 6) is 0. The van der Waals surface area contributed by atoms with Crippen molar-refractivity contribution in [2.45, 2.75) is 39.9 Å². The number of hydrogen-bond acceptors (Lipinski definition) is 3. The van der Waals surface area contributed by atoms with Crippen molar-refractivity contribution < 1.29 is 13.6 Å². The zero-order valence-electron chi connectivity index (χ0n) is 12.4. The number of benzene rings is 2. The molecule has 0 radical (unpaired) electrons. The van der Waals surface area contributed by atoms with Gasteiger partial charge in [-0.05, 0) is 50.6 Å². The summed E-state index contributed by atoms with van der Waals surface area (Å²) in [5, 5.41) is 2.75. The zero-order valence-corrected chi connectivity index (χ0v) is 13.3. The van der Waals surface area contributed by atoms with Crippen LogP contribution in [-0.4, -0.2) is 12.2 Å². The number of fused-ring (bicyclic) bond motifs is 1. The van der Waals surface area contributed by atoms with Gasteiger partial charge in [-0.1, -0.05) is 30.3 Å². The Balaban J connectivity index is 2.47. The first-order chi connectivity index (χ1) is 9.40. The molecule has 0 fully saturated rings. The van der Waals surface area contributed by atoms with Crippen LogP contribution in [0.1, 0.15) is 27.7 Å². The van der Waals surface area contributed by atoms with Gasteiger partial charge in [-0.15, -0.1) is 0 Å². The van der Waals surface area contributed by atoms with E-state index in [4.69, 9.17) is 9.05 Å². The Hall–Kier alpha value is -1.15. The van der Waals surface area contributed by atoms with E-state index in [0.29, 0.717) is 5.30 Å². The van der Waals surface area contributed by atoms with Crippen LogP contribution >= 0.6 is 7.60 Å². The molecule has 0 aliphatic heterocycles. The van der Waals surface area contributed by atoms with Gasteiger partial charge in [0.25, 0.3) is 0 Å². The molecule has 2 aromatic carbocycles. The summed E-state index contributed by atoms with van der Waals surface area (Å²) in [6.45, 7) is 7.43. The first kappa shape index (κ1) is 15.2. The first-order valence-corrected chi connectivity index (χ1v) is 8.41. The fourth-order valence-corrected chi connectivity index (χ4v) is 4.01. The standard InChI is InChI=1S/C16H21O3P/c1-12(2)18-20(17,19-13(3)4)16-10-9-14-7-5-6-8-15(14)11-16/h5-13H,1-4H3. The van der Waals surface area contributed by atoms with Crippen molar-refractivity contribution >= 4 is 23.7 Å². The summed E-state index contributed by atoms with van der Waals surface area (Å²) in [6.07, 6.45) is -0.322. The molecular weight excluding hydrogens is 271 g/mol.